The van der Waals surface area contributed by atoms with Crippen molar-refractivity contribution in [3.63, 3.8) is 0 Å². The fourth-order valence-electron chi connectivity index (χ4n) is 2.31. The maximum absolute atomic E-state index is 5.68. The number of nitrogens with zero attached hydrogens (tertiary/aromatic N) is 3. The third-order valence-corrected chi connectivity index (χ3v) is 3.37. The van der Waals surface area contributed by atoms with Crippen LogP contribution in [0.25, 0.3) is 11.6 Å². The molecule has 0 aliphatic carbocycles. The normalized spacial score (nSPS) is 19.9. The Labute approximate surface area is 112 Å². The van der Waals surface area contributed by atoms with Gasteiger partial charge in [-0.3, -0.25) is 5.10 Å². The number of rotatable bonds is 3. The summed E-state index contributed by atoms with van der Waals surface area (Å²) >= 11 is 0. The molecule has 2 aromatic heterocycles. The van der Waals surface area contributed by atoms with Gasteiger partial charge in [-0.05, 0) is 19.1 Å². The van der Waals surface area contributed by atoms with Gasteiger partial charge in [-0.2, -0.15) is 4.98 Å². The molecule has 2 aromatic rings. The van der Waals surface area contributed by atoms with Crippen LogP contribution in [0.15, 0.2) is 16.5 Å². The molecule has 3 heterocycles. The predicted octanol–water partition coefficient (Wildman–Crippen LogP) is 1.43. The molecule has 0 aromatic carbocycles. The van der Waals surface area contributed by atoms with E-state index in [1.807, 2.05) is 12.1 Å². The lowest BCUT2D eigenvalue weighted by Gasteiger charge is -2.30. The molecule has 0 spiro atoms. The van der Waals surface area contributed by atoms with E-state index in [1.54, 1.807) is 0 Å². The first-order valence-corrected chi connectivity index (χ1v) is 6.76. The number of aryl methyl sites for hydroxylation is 1. The van der Waals surface area contributed by atoms with E-state index in [0.29, 0.717) is 11.9 Å². The molecule has 19 heavy (non-hydrogen) atoms. The van der Waals surface area contributed by atoms with Gasteiger partial charge in [-0.1, -0.05) is 6.92 Å². The second kappa shape index (κ2) is 5.05. The van der Waals surface area contributed by atoms with Crippen molar-refractivity contribution in [1.29, 1.82) is 0 Å². The summed E-state index contributed by atoms with van der Waals surface area (Å²) in [5.74, 6) is 3.15. The molecule has 0 amide bonds. The van der Waals surface area contributed by atoms with Crippen molar-refractivity contribution >= 4 is 5.95 Å². The standard InChI is InChI=1S/C13H19N5O/c1-3-10-4-5-11(19-10)12-15-13(17-16-12)18-7-6-14-9(2)8-18/h4-5,9,14H,3,6-8H2,1-2H3,(H,15,16,17). The van der Waals surface area contributed by atoms with Gasteiger partial charge < -0.3 is 14.6 Å². The topological polar surface area (TPSA) is 70.0 Å². The van der Waals surface area contributed by atoms with E-state index in [9.17, 15) is 0 Å². The molecule has 3 rings (SSSR count). The van der Waals surface area contributed by atoms with Crippen molar-refractivity contribution in [2.45, 2.75) is 26.3 Å². The number of aromatic amines is 1. The zero-order valence-corrected chi connectivity index (χ0v) is 11.3. The lowest BCUT2D eigenvalue weighted by Crippen LogP contribution is -2.49. The van der Waals surface area contributed by atoms with Gasteiger partial charge in [0.25, 0.3) is 0 Å². The minimum atomic E-state index is 0.464. The van der Waals surface area contributed by atoms with E-state index in [2.05, 4.69) is 39.2 Å². The van der Waals surface area contributed by atoms with E-state index in [0.717, 1.165) is 43.5 Å². The van der Waals surface area contributed by atoms with E-state index < -0.39 is 0 Å². The molecule has 1 atom stereocenters. The van der Waals surface area contributed by atoms with Crippen molar-refractivity contribution in [3.05, 3.63) is 17.9 Å². The van der Waals surface area contributed by atoms with Crippen LogP contribution >= 0.6 is 0 Å². The summed E-state index contributed by atoms with van der Waals surface area (Å²) in [7, 11) is 0. The molecule has 1 fully saturated rings. The highest BCUT2D eigenvalue weighted by molar-refractivity contribution is 5.49. The maximum atomic E-state index is 5.68. The van der Waals surface area contributed by atoms with E-state index in [-0.39, 0.29) is 0 Å². The summed E-state index contributed by atoms with van der Waals surface area (Å²) in [5, 5.41) is 10.6. The van der Waals surface area contributed by atoms with Crippen molar-refractivity contribution in [2.24, 2.45) is 0 Å². The summed E-state index contributed by atoms with van der Waals surface area (Å²) in [6.07, 6.45) is 0.885. The smallest absolute Gasteiger partial charge is 0.245 e. The number of piperazine rings is 1. The zero-order valence-electron chi connectivity index (χ0n) is 11.3. The van der Waals surface area contributed by atoms with E-state index in [4.69, 9.17) is 4.42 Å². The molecule has 102 valence electrons. The van der Waals surface area contributed by atoms with Crippen LogP contribution in [0.3, 0.4) is 0 Å². The maximum Gasteiger partial charge on any atom is 0.245 e. The minimum absolute atomic E-state index is 0.464. The molecule has 2 N–H and O–H groups in total. The summed E-state index contributed by atoms with van der Waals surface area (Å²) in [5.41, 5.74) is 0. The van der Waals surface area contributed by atoms with Gasteiger partial charge >= 0.3 is 0 Å². The van der Waals surface area contributed by atoms with Gasteiger partial charge in [-0.25, -0.2) is 0 Å². The Morgan fingerprint density at radius 3 is 3.11 bits per heavy atom. The first-order chi connectivity index (χ1) is 9.26. The van der Waals surface area contributed by atoms with E-state index in [1.165, 1.54) is 0 Å². The number of aromatic nitrogens is 3. The van der Waals surface area contributed by atoms with Crippen molar-refractivity contribution in [2.75, 3.05) is 24.5 Å². The number of furan rings is 1. The Morgan fingerprint density at radius 1 is 1.47 bits per heavy atom. The quantitative estimate of drug-likeness (QED) is 0.874. The Balaban J connectivity index is 1.78. The van der Waals surface area contributed by atoms with Crippen molar-refractivity contribution in [1.82, 2.24) is 20.5 Å². The van der Waals surface area contributed by atoms with Crippen LogP contribution in [0, 0.1) is 0 Å². The molecule has 6 heteroatoms. The minimum Gasteiger partial charge on any atom is -0.458 e. The zero-order chi connectivity index (χ0) is 13.2. The van der Waals surface area contributed by atoms with Crippen LogP contribution in [0.1, 0.15) is 19.6 Å². The highest BCUT2D eigenvalue weighted by atomic mass is 16.3. The average Bonchev–Trinajstić information content (AvgIpc) is 3.07. The number of anilines is 1. The Bertz CT molecular complexity index is 547. The van der Waals surface area contributed by atoms with Gasteiger partial charge in [0.05, 0.1) is 0 Å². The molecular formula is C13H19N5O. The monoisotopic (exact) mass is 261 g/mol. The van der Waals surface area contributed by atoms with Crippen molar-refractivity contribution in [3.8, 4) is 11.6 Å². The molecule has 1 unspecified atom stereocenters. The SMILES string of the molecule is CCc1ccc(-c2nc(N3CCNC(C)C3)n[nH]2)o1. The third kappa shape index (κ3) is 2.49. The van der Waals surface area contributed by atoms with Crippen LogP contribution in [0.5, 0.6) is 0 Å². The molecule has 6 nitrogen and oxygen atoms in total. The third-order valence-electron chi connectivity index (χ3n) is 3.37. The molecule has 0 bridgehead atoms. The lowest BCUT2D eigenvalue weighted by atomic mass is 10.2. The first kappa shape index (κ1) is 12.2. The second-order valence-electron chi connectivity index (χ2n) is 4.90. The van der Waals surface area contributed by atoms with Crippen LogP contribution in [0.4, 0.5) is 5.95 Å². The molecule has 1 aliphatic rings. The first-order valence-electron chi connectivity index (χ1n) is 6.76. The van der Waals surface area contributed by atoms with Gasteiger partial charge in [0.15, 0.2) is 11.6 Å². The number of nitrogens with one attached hydrogen (secondary N) is 2. The summed E-state index contributed by atoms with van der Waals surface area (Å²) < 4.78 is 5.68. The number of H-pyrrole nitrogens is 1. The number of hydrogen-bond donors (Lipinski definition) is 2. The fourth-order valence-corrected chi connectivity index (χ4v) is 2.31. The second-order valence-corrected chi connectivity index (χ2v) is 4.90. The average molecular weight is 261 g/mol. The Kier molecular flexibility index (Phi) is 3.25. The molecule has 0 radical (unpaired) electrons. The van der Waals surface area contributed by atoms with Crippen LogP contribution in [0.2, 0.25) is 0 Å². The van der Waals surface area contributed by atoms with Crippen molar-refractivity contribution < 1.29 is 4.42 Å². The highest BCUT2D eigenvalue weighted by Gasteiger charge is 2.20. The van der Waals surface area contributed by atoms with Crippen LogP contribution in [-0.2, 0) is 6.42 Å². The summed E-state index contributed by atoms with van der Waals surface area (Å²) in [6, 6.07) is 4.37. The van der Waals surface area contributed by atoms with Crippen LogP contribution < -0.4 is 10.2 Å². The highest BCUT2D eigenvalue weighted by Crippen LogP contribution is 2.21. The largest absolute Gasteiger partial charge is 0.458 e. The summed E-state index contributed by atoms with van der Waals surface area (Å²) in [4.78, 5) is 6.71. The molecule has 0 saturated carbocycles. The predicted molar refractivity (Wildman–Crippen MR) is 73.1 cm³/mol. The van der Waals surface area contributed by atoms with Gasteiger partial charge in [0.1, 0.15) is 5.76 Å². The Hall–Kier alpha value is -1.82. The van der Waals surface area contributed by atoms with Gasteiger partial charge in [0, 0.05) is 32.1 Å². The molecule has 1 aliphatic heterocycles. The van der Waals surface area contributed by atoms with E-state index >= 15 is 0 Å². The molecule has 1 saturated heterocycles. The van der Waals surface area contributed by atoms with Gasteiger partial charge in [0.2, 0.25) is 5.95 Å². The Morgan fingerprint density at radius 2 is 2.37 bits per heavy atom. The molecular weight excluding hydrogens is 242 g/mol. The van der Waals surface area contributed by atoms with Gasteiger partial charge in [-0.15, -0.1) is 5.10 Å². The fraction of sp³-hybridized carbons (Fsp3) is 0.538. The van der Waals surface area contributed by atoms with Crippen LogP contribution in [-0.4, -0.2) is 40.9 Å². The summed E-state index contributed by atoms with van der Waals surface area (Å²) in [6.45, 7) is 7.05. The number of hydrogen-bond acceptors (Lipinski definition) is 5. The lowest BCUT2D eigenvalue weighted by molar-refractivity contribution is 0.480.